The minimum absolute atomic E-state index is 0.109. The predicted molar refractivity (Wildman–Crippen MR) is 180 cm³/mol. The summed E-state index contributed by atoms with van der Waals surface area (Å²) in [6, 6.07) is 0.543. The number of rotatable bonds is 19. The van der Waals surface area contributed by atoms with Gasteiger partial charge >= 0.3 is 0 Å². The van der Waals surface area contributed by atoms with Gasteiger partial charge in [-0.1, -0.05) is 60.3 Å². The second-order valence-electron chi connectivity index (χ2n) is 16.5. The van der Waals surface area contributed by atoms with E-state index in [1.54, 1.807) is 0 Å². The summed E-state index contributed by atoms with van der Waals surface area (Å²) < 4.78 is 11.6. The van der Waals surface area contributed by atoms with Gasteiger partial charge < -0.3 is 25.6 Å². The van der Waals surface area contributed by atoms with E-state index in [2.05, 4.69) is 39.9 Å². The van der Waals surface area contributed by atoms with Crippen LogP contribution in [0.15, 0.2) is 0 Å². The molecule has 0 spiro atoms. The molecule has 4 aliphatic carbocycles. The van der Waals surface area contributed by atoms with Crippen molar-refractivity contribution in [2.24, 2.45) is 58.0 Å². The molecule has 0 heterocycles. The number of ether oxygens (including phenoxy) is 2. The molecule has 0 amide bonds. The molecular weight excluding hydrogens is 532 g/mol. The average Bonchev–Trinajstić information content (AvgIpc) is 3.34. The first-order chi connectivity index (χ1) is 20.7. The molecule has 43 heavy (non-hydrogen) atoms. The highest BCUT2D eigenvalue weighted by Crippen LogP contribution is 2.68. The van der Waals surface area contributed by atoms with Crippen LogP contribution >= 0.6 is 0 Å². The first kappa shape index (κ1) is 35.7. The lowest BCUT2D eigenvalue weighted by Gasteiger charge is -2.63. The molecule has 4 rings (SSSR count). The van der Waals surface area contributed by atoms with Crippen LogP contribution < -0.4 is 11.1 Å². The molecule has 5 nitrogen and oxygen atoms in total. The zero-order valence-corrected chi connectivity index (χ0v) is 29.1. The molecule has 0 aromatic rings. The normalized spacial score (nSPS) is 38.1. The van der Waals surface area contributed by atoms with Crippen molar-refractivity contribution in [3.8, 4) is 0 Å². The van der Waals surface area contributed by atoms with Gasteiger partial charge in [-0.3, -0.25) is 0 Å². The second-order valence-corrected chi connectivity index (χ2v) is 16.5. The van der Waals surface area contributed by atoms with E-state index in [0.29, 0.717) is 29.3 Å². The van der Waals surface area contributed by atoms with Gasteiger partial charge in [-0.05, 0) is 142 Å². The van der Waals surface area contributed by atoms with Crippen molar-refractivity contribution in [1.82, 2.24) is 5.32 Å². The Morgan fingerprint density at radius 3 is 2.12 bits per heavy atom. The van der Waals surface area contributed by atoms with E-state index >= 15 is 0 Å². The fraction of sp³-hybridized carbons (Fsp3) is 1.00. The van der Waals surface area contributed by atoms with Crippen LogP contribution in [0.1, 0.15) is 137 Å². The highest BCUT2D eigenvalue weighted by Gasteiger charge is 2.62. The van der Waals surface area contributed by atoms with E-state index in [4.69, 9.17) is 15.2 Å². The van der Waals surface area contributed by atoms with Crippen molar-refractivity contribution in [2.75, 3.05) is 39.5 Å². The zero-order chi connectivity index (χ0) is 30.9. The molecule has 4 N–H and O–H groups in total. The summed E-state index contributed by atoms with van der Waals surface area (Å²) in [6.07, 6.45) is 20.0. The van der Waals surface area contributed by atoms with E-state index < -0.39 is 0 Å². The summed E-state index contributed by atoms with van der Waals surface area (Å²) >= 11 is 0. The summed E-state index contributed by atoms with van der Waals surface area (Å²) in [5.41, 5.74) is 6.43. The van der Waals surface area contributed by atoms with Gasteiger partial charge in [-0.2, -0.15) is 0 Å². The number of aliphatic hydroxyl groups is 1. The number of nitrogens with two attached hydrogens (primary N) is 1. The Morgan fingerprint density at radius 1 is 0.744 bits per heavy atom. The van der Waals surface area contributed by atoms with Gasteiger partial charge in [-0.25, -0.2) is 0 Å². The third kappa shape index (κ3) is 8.99. The Labute approximate surface area is 266 Å². The summed E-state index contributed by atoms with van der Waals surface area (Å²) in [7, 11) is 0. The number of fused-ring (bicyclic) bond motifs is 5. The lowest BCUT2D eigenvalue weighted by molar-refractivity contribution is -0.141. The minimum atomic E-state index is -0.109. The Morgan fingerprint density at radius 2 is 1.40 bits per heavy atom. The van der Waals surface area contributed by atoms with Crippen LogP contribution in [0.3, 0.4) is 0 Å². The molecule has 0 aromatic carbocycles. The summed E-state index contributed by atoms with van der Waals surface area (Å²) in [4.78, 5) is 0. The Kier molecular flexibility index (Phi) is 14.2. The predicted octanol–water partition coefficient (Wildman–Crippen LogP) is 7.98. The van der Waals surface area contributed by atoms with Crippen LogP contribution in [0.4, 0.5) is 0 Å². The minimum Gasteiger partial charge on any atom is -0.393 e. The topological polar surface area (TPSA) is 76.7 Å². The zero-order valence-electron chi connectivity index (χ0n) is 29.1. The largest absolute Gasteiger partial charge is 0.393 e. The van der Waals surface area contributed by atoms with E-state index in [9.17, 15) is 5.11 Å². The van der Waals surface area contributed by atoms with E-state index in [1.165, 1.54) is 64.2 Å². The molecule has 0 saturated heterocycles. The fourth-order valence-electron chi connectivity index (χ4n) is 11.0. The van der Waals surface area contributed by atoms with Crippen molar-refractivity contribution >= 4 is 0 Å². The SMILES string of the molecule is CC(C)CCCC[C@@H](C)[C@H]1CCC2C3C[C@@H](NCCCOCCCCOCCCN)C4C[C@@H](O)CC[C@]4(C)C3CC[C@@]21C. The van der Waals surface area contributed by atoms with Crippen molar-refractivity contribution in [2.45, 2.75) is 149 Å². The van der Waals surface area contributed by atoms with E-state index in [1.807, 2.05) is 0 Å². The first-order valence-corrected chi connectivity index (χ1v) is 19.0. The van der Waals surface area contributed by atoms with E-state index in [0.717, 1.165) is 107 Å². The average molecular weight is 605 g/mol. The number of hydrogen-bond donors (Lipinski definition) is 3. The van der Waals surface area contributed by atoms with Crippen LogP contribution in [0.2, 0.25) is 0 Å². The molecule has 4 fully saturated rings. The Bertz CT molecular complexity index is 793. The van der Waals surface area contributed by atoms with E-state index in [-0.39, 0.29) is 6.10 Å². The standard InChI is InChI=1S/C38H72N2O3/c1-28(2)12-6-7-13-29(3)32-14-15-33-31-27-36(40-21-11-25-43-23-9-8-22-42-24-10-20-39)35-26-30(41)16-18-38(35,5)34(31)17-19-37(32,33)4/h28-36,40-41H,6-27,39H2,1-5H3/t29-,30+,31?,32-,33?,34?,35?,36-,37-,38-/m1/s1. The molecule has 0 aliphatic heterocycles. The molecule has 252 valence electrons. The van der Waals surface area contributed by atoms with Gasteiger partial charge in [0.05, 0.1) is 6.10 Å². The van der Waals surface area contributed by atoms with Gasteiger partial charge in [-0.15, -0.1) is 0 Å². The maximum absolute atomic E-state index is 10.8. The van der Waals surface area contributed by atoms with Crippen LogP contribution in [0, 0.1) is 52.3 Å². The molecule has 10 atom stereocenters. The molecule has 0 aromatic heterocycles. The maximum Gasteiger partial charge on any atom is 0.0543 e. The number of hydrogen-bond acceptors (Lipinski definition) is 5. The fourth-order valence-corrected chi connectivity index (χ4v) is 11.0. The third-order valence-corrected chi connectivity index (χ3v) is 13.3. The van der Waals surface area contributed by atoms with Crippen molar-refractivity contribution < 1.29 is 14.6 Å². The van der Waals surface area contributed by atoms with Gasteiger partial charge in [0.2, 0.25) is 0 Å². The van der Waals surface area contributed by atoms with Gasteiger partial charge in [0.15, 0.2) is 0 Å². The maximum atomic E-state index is 10.8. The van der Waals surface area contributed by atoms with Crippen molar-refractivity contribution in [3.63, 3.8) is 0 Å². The summed E-state index contributed by atoms with van der Waals surface area (Å²) in [5, 5.41) is 14.9. The molecule has 5 heteroatoms. The quantitative estimate of drug-likeness (QED) is 0.130. The van der Waals surface area contributed by atoms with Crippen molar-refractivity contribution in [1.29, 1.82) is 0 Å². The Hall–Kier alpha value is -0.200. The van der Waals surface area contributed by atoms with Gasteiger partial charge in [0, 0.05) is 32.5 Å². The Balaban J connectivity index is 1.29. The summed E-state index contributed by atoms with van der Waals surface area (Å²) in [6.45, 7) is 17.7. The highest BCUT2D eigenvalue weighted by molar-refractivity contribution is 5.12. The smallest absolute Gasteiger partial charge is 0.0543 e. The van der Waals surface area contributed by atoms with Crippen LogP contribution in [0.25, 0.3) is 0 Å². The monoisotopic (exact) mass is 605 g/mol. The van der Waals surface area contributed by atoms with Crippen molar-refractivity contribution in [3.05, 3.63) is 0 Å². The van der Waals surface area contributed by atoms with Gasteiger partial charge in [0.1, 0.15) is 0 Å². The molecule has 0 radical (unpaired) electrons. The summed E-state index contributed by atoms with van der Waals surface area (Å²) in [5.74, 6) is 5.83. The van der Waals surface area contributed by atoms with Crippen LogP contribution in [0.5, 0.6) is 0 Å². The first-order valence-electron chi connectivity index (χ1n) is 19.0. The van der Waals surface area contributed by atoms with Crippen LogP contribution in [-0.4, -0.2) is 56.8 Å². The number of nitrogens with one attached hydrogen (secondary N) is 1. The number of aliphatic hydroxyl groups excluding tert-OH is 1. The molecule has 4 unspecified atom stereocenters. The molecule has 0 bridgehead atoms. The third-order valence-electron chi connectivity index (χ3n) is 13.3. The second kappa shape index (κ2) is 17.1. The van der Waals surface area contributed by atoms with Crippen LogP contribution in [-0.2, 0) is 9.47 Å². The lowest BCUT2D eigenvalue weighted by Crippen LogP contribution is -2.61. The molecule has 4 aliphatic rings. The molecule has 4 saturated carbocycles. The highest BCUT2D eigenvalue weighted by atomic mass is 16.5. The lowest BCUT2D eigenvalue weighted by atomic mass is 9.43. The molecular formula is C38H72N2O3. The van der Waals surface area contributed by atoms with Gasteiger partial charge in [0.25, 0.3) is 0 Å². The number of unbranched alkanes of at least 4 members (excludes halogenated alkanes) is 2.